The molecule has 0 aliphatic carbocycles. The van der Waals surface area contributed by atoms with Gasteiger partial charge in [0, 0.05) is 12.7 Å². The molecule has 0 aliphatic rings. The third kappa shape index (κ3) is 5.63. The van der Waals surface area contributed by atoms with Crippen LogP contribution >= 0.6 is 0 Å². The Morgan fingerprint density at radius 3 is 2.88 bits per heavy atom. The number of carbonyl (C=O) groups is 1. The summed E-state index contributed by atoms with van der Waals surface area (Å²) in [5.41, 5.74) is 1.93. The van der Waals surface area contributed by atoms with Crippen LogP contribution < -0.4 is 0 Å². The first-order valence-corrected chi connectivity index (χ1v) is 8.77. The maximum absolute atomic E-state index is 11.7. The molecule has 136 valence electrons. The molecule has 0 radical (unpaired) electrons. The molecule has 2 heterocycles. The lowest BCUT2D eigenvalue weighted by atomic mass is 10.2. The molecule has 7 heteroatoms. The van der Waals surface area contributed by atoms with Crippen molar-refractivity contribution < 1.29 is 9.53 Å². The molecule has 7 nitrogen and oxygen atoms in total. The molecule has 0 N–H and O–H groups in total. The Labute approximate surface area is 149 Å². The number of hydrogen-bond donors (Lipinski definition) is 0. The minimum Gasteiger partial charge on any atom is -0.465 e. The number of aromatic nitrogens is 4. The van der Waals surface area contributed by atoms with Gasteiger partial charge in [-0.25, -0.2) is 9.48 Å². The zero-order valence-corrected chi connectivity index (χ0v) is 15.3. The van der Waals surface area contributed by atoms with E-state index in [1.807, 2.05) is 4.68 Å². The van der Waals surface area contributed by atoms with Gasteiger partial charge in [0.2, 0.25) is 0 Å². The number of ether oxygens (including phenoxy) is 1. The third-order valence-electron chi connectivity index (χ3n) is 4.15. The number of methoxy groups -OCH3 is 1. The van der Waals surface area contributed by atoms with Crippen LogP contribution in [0.5, 0.6) is 0 Å². The van der Waals surface area contributed by atoms with Gasteiger partial charge in [-0.05, 0) is 32.1 Å². The lowest BCUT2D eigenvalue weighted by Crippen LogP contribution is -2.25. The fraction of sp³-hybridized carbons (Fsp3) is 0.556. The molecule has 2 aromatic rings. The predicted molar refractivity (Wildman–Crippen MR) is 96.2 cm³/mol. The van der Waals surface area contributed by atoms with Crippen molar-refractivity contribution in [1.82, 2.24) is 24.9 Å². The molecular formula is C18H27N5O2. The quantitative estimate of drug-likeness (QED) is 0.487. The topological polar surface area (TPSA) is 73.1 Å². The molecule has 0 fully saturated rings. The molecule has 0 amide bonds. The van der Waals surface area contributed by atoms with Gasteiger partial charge in [0.1, 0.15) is 5.69 Å². The van der Waals surface area contributed by atoms with Crippen LogP contribution in [0, 0.1) is 0 Å². The SMILES string of the molecule is CCCCCCN(C)CCn1nncc1-c1cc(C(=O)OC)ccn1. The van der Waals surface area contributed by atoms with Crippen LogP contribution in [0.4, 0.5) is 0 Å². The second kappa shape index (κ2) is 9.88. The van der Waals surface area contributed by atoms with Crippen molar-refractivity contribution in [2.45, 2.75) is 39.2 Å². The van der Waals surface area contributed by atoms with E-state index in [4.69, 9.17) is 4.74 Å². The number of nitrogens with zero attached hydrogens (tertiary/aromatic N) is 5. The molecule has 0 atom stereocenters. The molecule has 0 bridgehead atoms. The van der Waals surface area contributed by atoms with Gasteiger partial charge in [0.05, 0.1) is 31.1 Å². The summed E-state index contributed by atoms with van der Waals surface area (Å²) in [6.07, 6.45) is 8.31. The summed E-state index contributed by atoms with van der Waals surface area (Å²) in [4.78, 5) is 18.3. The second-order valence-corrected chi connectivity index (χ2v) is 6.13. The van der Waals surface area contributed by atoms with Crippen molar-refractivity contribution in [2.75, 3.05) is 27.2 Å². The zero-order chi connectivity index (χ0) is 18.1. The second-order valence-electron chi connectivity index (χ2n) is 6.13. The summed E-state index contributed by atoms with van der Waals surface area (Å²) in [5.74, 6) is -0.380. The molecule has 2 rings (SSSR count). The molecule has 2 aromatic heterocycles. The van der Waals surface area contributed by atoms with Gasteiger partial charge in [-0.3, -0.25) is 4.98 Å². The first kappa shape index (κ1) is 19.1. The fourth-order valence-electron chi connectivity index (χ4n) is 2.62. The number of hydrogen-bond acceptors (Lipinski definition) is 6. The van der Waals surface area contributed by atoms with Gasteiger partial charge in [0.25, 0.3) is 0 Å². The summed E-state index contributed by atoms with van der Waals surface area (Å²) < 4.78 is 6.59. The van der Waals surface area contributed by atoms with E-state index >= 15 is 0 Å². The van der Waals surface area contributed by atoms with E-state index in [0.29, 0.717) is 11.3 Å². The Morgan fingerprint density at radius 2 is 2.12 bits per heavy atom. The molecule has 0 saturated heterocycles. The Morgan fingerprint density at radius 1 is 1.28 bits per heavy atom. The summed E-state index contributed by atoms with van der Waals surface area (Å²) in [7, 11) is 3.49. The van der Waals surface area contributed by atoms with E-state index < -0.39 is 0 Å². The van der Waals surface area contributed by atoms with Crippen LogP contribution in [0.1, 0.15) is 43.0 Å². The van der Waals surface area contributed by atoms with E-state index in [2.05, 4.69) is 34.2 Å². The molecule has 0 saturated carbocycles. The van der Waals surface area contributed by atoms with Gasteiger partial charge in [0.15, 0.2) is 0 Å². The van der Waals surface area contributed by atoms with E-state index in [0.717, 1.165) is 25.3 Å². The highest BCUT2D eigenvalue weighted by Gasteiger charge is 2.12. The van der Waals surface area contributed by atoms with Crippen molar-refractivity contribution in [3.05, 3.63) is 30.1 Å². The lowest BCUT2D eigenvalue weighted by molar-refractivity contribution is 0.0600. The summed E-state index contributed by atoms with van der Waals surface area (Å²) in [6.45, 7) is 4.92. The average molecular weight is 345 g/mol. The minimum atomic E-state index is -0.380. The van der Waals surface area contributed by atoms with Gasteiger partial charge < -0.3 is 9.64 Å². The predicted octanol–water partition coefficient (Wildman–Crippen LogP) is 2.64. The molecular weight excluding hydrogens is 318 g/mol. The normalized spacial score (nSPS) is 11.0. The lowest BCUT2D eigenvalue weighted by Gasteiger charge is -2.16. The van der Waals surface area contributed by atoms with Crippen LogP contribution in [0.3, 0.4) is 0 Å². The smallest absolute Gasteiger partial charge is 0.337 e. The number of pyridine rings is 1. The van der Waals surface area contributed by atoms with Crippen molar-refractivity contribution in [3.8, 4) is 11.4 Å². The van der Waals surface area contributed by atoms with E-state index in [9.17, 15) is 4.79 Å². The van der Waals surface area contributed by atoms with Crippen LogP contribution in [-0.4, -0.2) is 58.1 Å². The van der Waals surface area contributed by atoms with Crippen molar-refractivity contribution in [3.63, 3.8) is 0 Å². The number of unbranched alkanes of at least 4 members (excludes halogenated alkanes) is 3. The van der Waals surface area contributed by atoms with Crippen molar-refractivity contribution >= 4 is 5.97 Å². The number of rotatable bonds is 10. The highest BCUT2D eigenvalue weighted by Crippen LogP contribution is 2.17. The monoisotopic (exact) mass is 345 g/mol. The third-order valence-corrected chi connectivity index (χ3v) is 4.15. The average Bonchev–Trinajstić information content (AvgIpc) is 3.11. The minimum absolute atomic E-state index is 0.380. The Bertz CT molecular complexity index is 671. The molecule has 0 aromatic carbocycles. The van der Waals surface area contributed by atoms with Crippen LogP contribution in [0.2, 0.25) is 0 Å². The van der Waals surface area contributed by atoms with E-state index in [1.54, 1.807) is 24.5 Å². The molecule has 25 heavy (non-hydrogen) atoms. The van der Waals surface area contributed by atoms with Gasteiger partial charge >= 0.3 is 5.97 Å². The highest BCUT2D eigenvalue weighted by molar-refractivity contribution is 5.90. The number of esters is 1. The summed E-state index contributed by atoms with van der Waals surface area (Å²) >= 11 is 0. The largest absolute Gasteiger partial charge is 0.465 e. The van der Waals surface area contributed by atoms with Crippen LogP contribution in [0.15, 0.2) is 24.5 Å². The molecule has 0 aliphatic heterocycles. The highest BCUT2D eigenvalue weighted by atomic mass is 16.5. The Hall–Kier alpha value is -2.28. The number of carbonyl (C=O) groups excluding carboxylic acids is 1. The van der Waals surface area contributed by atoms with Crippen molar-refractivity contribution in [1.29, 1.82) is 0 Å². The fourth-order valence-corrected chi connectivity index (χ4v) is 2.62. The standard InChI is InChI=1S/C18H27N5O2/c1-4-5-6-7-10-22(2)11-12-23-17(14-20-21-23)16-13-15(8-9-19-16)18(24)25-3/h8-9,13-14H,4-7,10-12H2,1-3H3. The van der Waals surface area contributed by atoms with Crippen LogP contribution in [-0.2, 0) is 11.3 Å². The van der Waals surface area contributed by atoms with E-state index in [1.165, 1.54) is 32.8 Å². The van der Waals surface area contributed by atoms with Gasteiger partial charge in [-0.15, -0.1) is 5.10 Å². The maximum atomic E-state index is 11.7. The summed E-state index contributed by atoms with van der Waals surface area (Å²) in [6, 6.07) is 3.34. The first-order chi connectivity index (χ1) is 12.2. The summed E-state index contributed by atoms with van der Waals surface area (Å²) in [5, 5.41) is 8.15. The van der Waals surface area contributed by atoms with E-state index in [-0.39, 0.29) is 5.97 Å². The Balaban J connectivity index is 1.97. The number of likely N-dealkylation sites (N-methyl/N-ethyl adjacent to an activating group) is 1. The Kier molecular flexibility index (Phi) is 7.53. The van der Waals surface area contributed by atoms with Crippen molar-refractivity contribution in [2.24, 2.45) is 0 Å². The first-order valence-electron chi connectivity index (χ1n) is 8.77. The zero-order valence-electron chi connectivity index (χ0n) is 15.3. The van der Waals surface area contributed by atoms with Gasteiger partial charge in [-0.1, -0.05) is 31.4 Å². The van der Waals surface area contributed by atoms with Gasteiger partial charge in [-0.2, -0.15) is 0 Å². The molecule has 0 spiro atoms. The van der Waals surface area contributed by atoms with Crippen LogP contribution in [0.25, 0.3) is 11.4 Å². The molecule has 0 unspecified atom stereocenters. The maximum Gasteiger partial charge on any atom is 0.337 e.